The van der Waals surface area contributed by atoms with Crippen LogP contribution in [-0.2, 0) is 11.2 Å². The predicted octanol–water partition coefficient (Wildman–Crippen LogP) is 2.35. The van der Waals surface area contributed by atoms with E-state index < -0.39 is 11.7 Å². The minimum atomic E-state index is -0.618. The van der Waals surface area contributed by atoms with Crippen LogP contribution in [0, 0.1) is 11.7 Å². The summed E-state index contributed by atoms with van der Waals surface area (Å²) in [5.41, 5.74) is 7.12. The summed E-state index contributed by atoms with van der Waals surface area (Å²) >= 11 is 0. The molecule has 1 unspecified atom stereocenters. The fourth-order valence-electron chi connectivity index (χ4n) is 3.73. The number of carbonyl (C=O) groups excluding carboxylic acids is 2. The van der Waals surface area contributed by atoms with Gasteiger partial charge in [0.1, 0.15) is 5.82 Å². The summed E-state index contributed by atoms with van der Waals surface area (Å²) in [5, 5.41) is 5.56. The fraction of sp³-hybridized carbons (Fsp3) is 0.556. The van der Waals surface area contributed by atoms with Crippen molar-refractivity contribution < 1.29 is 14.0 Å². The number of rotatable bonds is 4. The lowest BCUT2D eigenvalue weighted by Crippen LogP contribution is -2.46. The molecule has 0 aromatic heterocycles. The van der Waals surface area contributed by atoms with E-state index in [1.54, 1.807) is 6.07 Å². The molecule has 1 saturated carbocycles. The van der Waals surface area contributed by atoms with E-state index in [9.17, 15) is 14.0 Å². The molecule has 130 valence electrons. The Bertz CT molecular complexity index is 641. The molecule has 6 heteroatoms. The van der Waals surface area contributed by atoms with Crippen LogP contribution in [0.1, 0.15) is 54.4 Å². The predicted molar refractivity (Wildman–Crippen MR) is 90.2 cm³/mol. The Morgan fingerprint density at radius 3 is 2.75 bits per heavy atom. The molecule has 3 rings (SSSR count). The number of halogens is 1. The number of benzene rings is 1. The van der Waals surface area contributed by atoms with Crippen molar-refractivity contribution in [3.63, 3.8) is 0 Å². The van der Waals surface area contributed by atoms with Gasteiger partial charge in [-0.3, -0.25) is 9.59 Å². The number of nitrogens with one attached hydrogen (secondary N) is 2. The topological polar surface area (TPSA) is 84.2 Å². The molecule has 5 nitrogen and oxygen atoms in total. The van der Waals surface area contributed by atoms with Crippen LogP contribution in [0.5, 0.6) is 0 Å². The van der Waals surface area contributed by atoms with Crippen molar-refractivity contribution in [2.75, 3.05) is 11.9 Å². The highest BCUT2D eigenvalue weighted by Gasteiger charge is 2.26. The van der Waals surface area contributed by atoms with Crippen LogP contribution < -0.4 is 16.4 Å². The van der Waals surface area contributed by atoms with E-state index in [4.69, 9.17) is 5.73 Å². The summed E-state index contributed by atoms with van der Waals surface area (Å²) in [6, 6.07) is 2.67. The molecule has 1 aromatic carbocycles. The minimum Gasteiger partial charge on any atom is -0.348 e. The Labute approximate surface area is 141 Å². The van der Waals surface area contributed by atoms with Gasteiger partial charge in [0.25, 0.3) is 5.91 Å². The summed E-state index contributed by atoms with van der Waals surface area (Å²) in [6.07, 6.45) is 6.53. The summed E-state index contributed by atoms with van der Waals surface area (Å²) in [7, 11) is 0. The van der Waals surface area contributed by atoms with E-state index in [1.807, 2.05) is 0 Å². The second-order valence-corrected chi connectivity index (χ2v) is 6.75. The number of anilines is 1. The van der Waals surface area contributed by atoms with Crippen LogP contribution in [-0.4, -0.2) is 24.4 Å². The SMILES string of the molecule is NCC(NC(=O)c1cc2c(cc1F)NC(=O)CC2)C1CCCCC1. The highest BCUT2D eigenvalue weighted by Crippen LogP contribution is 2.28. The Balaban J connectivity index is 1.75. The molecule has 1 heterocycles. The van der Waals surface area contributed by atoms with Gasteiger partial charge in [-0.1, -0.05) is 19.3 Å². The fourth-order valence-corrected chi connectivity index (χ4v) is 3.73. The van der Waals surface area contributed by atoms with Gasteiger partial charge in [0.15, 0.2) is 0 Å². The number of hydrogen-bond acceptors (Lipinski definition) is 3. The zero-order valence-electron chi connectivity index (χ0n) is 13.7. The molecule has 1 aliphatic carbocycles. The van der Waals surface area contributed by atoms with Crippen LogP contribution in [0.15, 0.2) is 12.1 Å². The van der Waals surface area contributed by atoms with Crippen LogP contribution >= 0.6 is 0 Å². The molecule has 0 bridgehead atoms. The van der Waals surface area contributed by atoms with Crippen molar-refractivity contribution in [1.82, 2.24) is 5.32 Å². The molecular weight excluding hydrogens is 309 g/mol. The molecule has 4 N–H and O–H groups in total. The molecule has 2 amide bonds. The van der Waals surface area contributed by atoms with Crippen molar-refractivity contribution in [1.29, 1.82) is 0 Å². The first-order valence-electron chi connectivity index (χ1n) is 8.71. The quantitative estimate of drug-likeness (QED) is 0.791. The molecule has 24 heavy (non-hydrogen) atoms. The summed E-state index contributed by atoms with van der Waals surface area (Å²) in [5.74, 6) is -0.798. The number of fused-ring (bicyclic) bond motifs is 1. The van der Waals surface area contributed by atoms with Gasteiger partial charge in [0.05, 0.1) is 5.56 Å². The maximum atomic E-state index is 14.3. The normalized spacial score (nSPS) is 19.3. The average molecular weight is 333 g/mol. The van der Waals surface area contributed by atoms with Gasteiger partial charge < -0.3 is 16.4 Å². The van der Waals surface area contributed by atoms with E-state index in [2.05, 4.69) is 10.6 Å². The van der Waals surface area contributed by atoms with Crippen molar-refractivity contribution in [2.45, 2.75) is 51.0 Å². The molecule has 2 aliphatic rings. The van der Waals surface area contributed by atoms with Gasteiger partial charge in [-0.15, -0.1) is 0 Å². The molecule has 1 aliphatic heterocycles. The summed E-state index contributed by atoms with van der Waals surface area (Å²) in [6.45, 7) is 0.360. The standard InChI is InChI=1S/C18H24FN3O2/c19-14-9-15-12(6-7-17(23)21-15)8-13(14)18(24)22-16(10-20)11-4-2-1-3-5-11/h8-9,11,16H,1-7,10,20H2,(H,21,23)(H,22,24). The van der Waals surface area contributed by atoms with Crippen LogP contribution in [0.25, 0.3) is 0 Å². The third-order valence-corrected chi connectivity index (χ3v) is 5.12. The van der Waals surface area contributed by atoms with E-state index >= 15 is 0 Å². The first-order valence-corrected chi connectivity index (χ1v) is 8.71. The number of nitrogens with two attached hydrogens (primary N) is 1. The van der Waals surface area contributed by atoms with E-state index in [-0.39, 0.29) is 17.5 Å². The van der Waals surface area contributed by atoms with Crippen molar-refractivity contribution in [2.24, 2.45) is 11.7 Å². The molecule has 1 fully saturated rings. The monoisotopic (exact) mass is 333 g/mol. The smallest absolute Gasteiger partial charge is 0.254 e. The first kappa shape index (κ1) is 16.9. The molecule has 0 radical (unpaired) electrons. The Kier molecular flexibility index (Phi) is 5.14. The second kappa shape index (κ2) is 7.30. The summed E-state index contributed by atoms with van der Waals surface area (Å²) in [4.78, 5) is 23.9. The molecule has 1 aromatic rings. The summed E-state index contributed by atoms with van der Waals surface area (Å²) < 4.78 is 14.3. The molecule has 0 spiro atoms. The van der Waals surface area contributed by atoms with Crippen molar-refractivity contribution in [3.05, 3.63) is 29.1 Å². The maximum absolute atomic E-state index is 14.3. The molecular formula is C18H24FN3O2. The molecule has 1 atom stereocenters. The minimum absolute atomic E-state index is 0.0270. The number of amides is 2. The average Bonchev–Trinajstić information content (AvgIpc) is 2.59. The van der Waals surface area contributed by atoms with Gasteiger partial charge in [-0.05, 0) is 42.9 Å². The largest absolute Gasteiger partial charge is 0.348 e. The van der Waals surface area contributed by atoms with Gasteiger partial charge in [-0.2, -0.15) is 0 Å². The van der Waals surface area contributed by atoms with Gasteiger partial charge in [0, 0.05) is 24.7 Å². The van der Waals surface area contributed by atoms with E-state index in [0.717, 1.165) is 31.2 Å². The Morgan fingerprint density at radius 2 is 2.04 bits per heavy atom. The lowest BCUT2D eigenvalue weighted by molar-refractivity contribution is -0.116. The van der Waals surface area contributed by atoms with Crippen molar-refractivity contribution >= 4 is 17.5 Å². The zero-order chi connectivity index (χ0) is 17.1. The van der Waals surface area contributed by atoms with Crippen LogP contribution in [0.3, 0.4) is 0 Å². The van der Waals surface area contributed by atoms with Gasteiger partial charge in [-0.25, -0.2) is 4.39 Å². The first-order chi connectivity index (χ1) is 11.6. The third-order valence-electron chi connectivity index (χ3n) is 5.12. The zero-order valence-corrected chi connectivity index (χ0v) is 13.7. The van der Waals surface area contributed by atoms with E-state index in [0.29, 0.717) is 31.0 Å². The van der Waals surface area contributed by atoms with E-state index in [1.165, 1.54) is 12.5 Å². The number of hydrogen-bond donors (Lipinski definition) is 3. The van der Waals surface area contributed by atoms with Crippen LogP contribution in [0.2, 0.25) is 0 Å². The highest BCUT2D eigenvalue weighted by atomic mass is 19.1. The Hall–Kier alpha value is -1.95. The third kappa shape index (κ3) is 3.59. The number of aryl methyl sites for hydroxylation is 1. The van der Waals surface area contributed by atoms with Crippen LogP contribution in [0.4, 0.5) is 10.1 Å². The van der Waals surface area contributed by atoms with Crippen molar-refractivity contribution in [3.8, 4) is 0 Å². The van der Waals surface area contributed by atoms with Gasteiger partial charge in [0.2, 0.25) is 5.91 Å². The maximum Gasteiger partial charge on any atom is 0.254 e. The lowest BCUT2D eigenvalue weighted by Gasteiger charge is -2.30. The van der Waals surface area contributed by atoms with Gasteiger partial charge >= 0.3 is 0 Å². The number of carbonyl (C=O) groups is 2. The second-order valence-electron chi connectivity index (χ2n) is 6.75. The highest BCUT2D eigenvalue weighted by molar-refractivity contribution is 5.98. The Morgan fingerprint density at radius 1 is 1.29 bits per heavy atom. The molecule has 0 saturated heterocycles. The lowest BCUT2D eigenvalue weighted by atomic mass is 9.83.